The van der Waals surface area contributed by atoms with E-state index in [0.717, 1.165) is 25.0 Å². The average Bonchev–Trinajstić information content (AvgIpc) is 2.52. The van der Waals surface area contributed by atoms with Crippen LogP contribution in [0.4, 0.5) is 0 Å². The lowest BCUT2D eigenvalue weighted by atomic mass is 9.81. The summed E-state index contributed by atoms with van der Waals surface area (Å²) in [5, 5.41) is 4.41. The molecule has 1 aromatic heterocycles. The molecule has 0 unspecified atom stereocenters. The van der Waals surface area contributed by atoms with Gasteiger partial charge in [-0.3, -0.25) is 4.68 Å². The molecule has 1 fully saturated rings. The molecule has 0 amide bonds. The van der Waals surface area contributed by atoms with Crippen LogP contribution in [0, 0.1) is 6.92 Å². The van der Waals surface area contributed by atoms with Gasteiger partial charge in [0.05, 0.1) is 5.69 Å². The third-order valence-corrected chi connectivity index (χ3v) is 3.98. The van der Waals surface area contributed by atoms with Gasteiger partial charge < -0.3 is 5.73 Å². The number of hydrogen-bond acceptors (Lipinski definition) is 2. The Morgan fingerprint density at radius 2 is 1.82 bits per heavy atom. The van der Waals surface area contributed by atoms with Crippen molar-refractivity contribution in [3.8, 4) is 0 Å². The van der Waals surface area contributed by atoms with Crippen molar-refractivity contribution in [3.05, 3.63) is 17.5 Å². The maximum absolute atomic E-state index is 6.60. The highest BCUT2D eigenvalue weighted by atomic mass is 15.3. The minimum Gasteiger partial charge on any atom is -0.325 e. The molecule has 96 valence electrons. The highest BCUT2D eigenvalue weighted by Gasteiger charge is 2.26. The molecule has 1 heterocycles. The molecule has 1 aliphatic rings. The van der Waals surface area contributed by atoms with Crippen molar-refractivity contribution in [3.63, 3.8) is 0 Å². The van der Waals surface area contributed by atoms with E-state index in [4.69, 9.17) is 5.73 Å². The van der Waals surface area contributed by atoms with Crippen LogP contribution in [0.3, 0.4) is 0 Å². The van der Waals surface area contributed by atoms with Gasteiger partial charge in [0.15, 0.2) is 0 Å². The smallest absolute Gasteiger partial charge is 0.0596 e. The summed E-state index contributed by atoms with van der Waals surface area (Å²) in [6.07, 6.45) is 9.97. The first-order valence-electron chi connectivity index (χ1n) is 6.87. The highest BCUT2D eigenvalue weighted by Crippen LogP contribution is 2.27. The van der Waals surface area contributed by atoms with E-state index >= 15 is 0 Å². The van der Waals surface area contributed by atoms with Gasteiger partial charge in [-0.2, -0.15) is 5.10 Å². The van der Waals surface area contributed by atoms with Crippen molar-refractivity contribution < 1.29 is 0 Å². The molecule has 0 bridgehead atoms. The van der Waals surface area contributed by atoms with Gasteiger partial charge in [-0.1, -0.05) is 32.1 Å². The van der Waals surface area contributed by atoms with Crippen LogP contribution in [0.5, 0.6) is 0 Å². The highest BCUT2D eigenvalue weighted by molar-refractivity contribution is 5.12. The maximum Gasteiger partial charge on any atom is 0.0596 e. The standard InChI is InChI=1S/C14H25N3/c1-12-10-13(17(2)16-12)11-14(15)8-6-4-3-5-7-9-14/h10H,3-9,11,15H2,1-2H3. The molecular weight excluding hydrogens is 210 g/mol. The van der Waals surface area contributed by atoms with Gasteiger partial charge in [-0.25, -0.2) is 0 Å². The molecule has 3 heteroatoms. The van der Waals surface area contributed by atoms with E-state index in [1.54, 1.807) is 0 Å². The lowest BCUT2D eigenvalue weighted by molar-refractivity contribution is 0.309. The van der Waals surface area contributed by atoms with Gasteiger partial charge in [0, 0.05) is 24.7 Å². The Bertz CT molecular complexity index is 360. The quantitative estimate of drug-likeness (QED) is 0.856. The summed E-state index contributed by atoms with van der Waals surface area (Å²) >= 11 is 0. The summed E-state index contributed by atoms with van der Waals surface area (Å²) in [6, 6.07) is 2.17. The van der Waals surface area contributed by atoms with E-state index in [-0.39, 0.29) is 5.54 Å². The Balaban J connectivity index is 2.06. The number of nitrogens with two attached hydrogens (primary N) is 1. The van der Waals surface area contributed by atoms with Crippen LogP contribution in [-0.2, 0) is 13.5 Å². The maximum atomic E-state index is 6.60. The third-order valence-electron chi connectivity index (χ3n) is 3.98. The van der Waals surface area contributed by atoms with E-state index in [1.165, 1.54) is 37.8 Å². The molecule has 2 N–H and O–H groups in total. The summed E-state index contributed by atoms with van der Waals surface area (Å²) in [6.45, 7) is 2.05. The number of aromatic nitrogens is 2. The molecule has 0 aliphatic heterocycles. The number of nitrogens with zero attached hydrogens (tertiary/aromatic N) is 2. The Kier molecular flexibility index (Phi) is 3.87. The molecule has 0 atom stereocenters. The molecule has 17 heavy (non-hydrogen) atoms. The van der Waals surface area contributed by atoms with E-state index < -0.39 is 0 Å². The van der Waals surface area contributed by atoms with Crippen molar-refractivity contribution in [1.82, 2.24) is 9.78 Å². The SMILES string of the molecule is Cc1cc(CC2(N)CCCCCCC2)n(C)n1. The van der Waals surface area contributed by atoms with Gasteiger partial charge >= 0.3 is 0 Å². The summed E-state index contributed by atoms with van der Waals surface area (Å²) < 4.78 is 1.99. The fraction of sp³-hybridized carbons (Fsp3) is 0.786. The predicted octanol–water partition coefficient (Wildman–Crippen LogP) is 2.71. The van der Waals surface area contributed by atoms with Crippen LogP contribution in [0.15, 0.2) is 6.07 Å². The normalized spacial score (nSPS) is 20.9. The second kappa shape index (κ2) is 5.21. The first-order valence-corrected chi connectivity index (χ1v) is 6.87. The van der Waals surface area contributed by atoms with E-state index in [9.17, 15) is 0 Å². The van der Waals surface area contributed by atoms with E-state index in [1.807, 2.05) is 18.7 Å². The molecule has 1 saturated carbocycles. The average molecular weight is 235 g/mol. The second-order valence-electron chi connectivity index (χ2n) is 5.71. The molecule has 3 nitrogen and oxygen atoms in total. The van der Waals surface area contributed by atoms with Gasteiger partial charge in [0.25, 0.3) is 0 Å². The lowest BCUT2D eigenvalue weighted by Crippen LogP contribution is -2.43. The molecule has 1 aliphatic carbocycles. The number of rotatable bonds is 2. The topological polar surface area (TPSA) is 43.8 Å². The first-order chi connectivity index (χ1) is 8.09. The van der Waals surface area contributed by atoms with Crippen LogP contribution in [0.25, 0.3) is 0 Å². The van der Waals surface area contributed by atoms with Crippen LogP contribution in [0.1, 0.15) is 56.3 Å². The van der Waals surface area contributed by atoms with Crippen molar-refractivity contribution >= 4 is 0 Å². The Morgan fingerprint density at radius 3 is 2.35 bits per heavy atom. The summed E-state index contributed by atoms with van der Waals surface area (Å²) in [7, 11) is 2.02. The lowest BCUT2D eigenvalue weighted by Gasteiger charge is -2.31. The molecule has 2 rings (SSSR count). The molecule has 0 saturated heterocycles. The molecule has 0 aromatic carbocycles. The molecule has 0 radical (unpaired) electrons. The Morgan fingerprint density at radius 1 is 1.24 bits per heavy atom. The predicted molar refractivity (Wildman–Crippen MR) is 70.9 cm³/mol. The van der Waals surface area contributed by atoms with Crippen molar-refractivity contribution in [2.75, 3.05) is 0 Å². The largest absolute Gasteiger partial charge is 0.325 e. The van der Waals surface area contributed by atoms with E-state index in [0.29, 0.717) is 0 Å². The third kappa shape index (κ3) is 3.32. The summed E-state index contributed by atoms with van der Waals surface area (Å²) in [5.41, 5.74) is 8.98. The van der Waals surface area contributed by atoms with Crippen LogP contribution < -0.4 is 5.73 Å². The van der Waals surface area contributed by atoms with Gasteiger partial charge in [0.1, 0.15) is 0 Å². The second-order valence-corrected chi connectivity index (χ2v) is 5.71. The fourth-order valence-corrected chi connectivity index (χ4v) is 2.98. The minimum absolute atomic E-state index is 0.000648. The van der Waals surface area contributed by atoms with Crippen molar-refractivity contribution in [2.24, 2.45) is 12.8 Å². The van der Waals surface area contributed by atoms with Crippen molar-refractivity contribution in [2.45, 2.75) is 63.8 Å². The summed E-state index contributed by atoms with van der Waals surface area (Å²) in [5.74, 6) is 0. The zero-order chi connectivity index (χ0) is 12.3. The van der Waals surface area contributed by atoms with Gasteiger partial charge in [-0.05, 0) is 25.8 Å². The zero-order valence-electron chi connectivity index (χ0n) is 11.2. The number of hydrogen-bond donors (Lipinski definition) is 1. The number of aryl methyl sites for hydroxylation is 2. The van der Waals surface area contributed by atoms with Crippen LogP contribution >= 0.6 is 0 Å². The minimum atomic E-state index is 0.000648. The van der Waals surface area contributed by atoms with Crippen molar-refractivity contribution in [1.29, 1.82) is 0 Å². The van der Waals surface area contributed by atoms with E-state index in [2.05, 4.69) is 11.2 Å². The Labute approximate surface area is 104 Å². The van der Waals surface area contributed by atoms with Crippen LogP contribution in [-0.4, -0.2) is 15.3 Å². The summed E-state index contributed by atoms with van der Waals surface area (Å²) in [4.78, 5) is 0. The van der Waals surface area contributed by atoms with Crippen LogP contribution in [0.2, 0.25) is 0 Å². The van der Waals surface area contributed by atoms with Gasteiger partial charge in [-0.15, -0.1) is 0 Å². The Hall–Kier alpha value is -0.830. The zero-order valence-corrected chi connectivity index (χ0v) is 11.2. The molecule has 0 spiro atoms. The van der Waals surface area contributed by atoms with Gasteiger partial charge in [0.2, 0.25) is 0 Å². The first kappa shape index (κ1) is 12.6. The molecule has 1 aromatic rings. The molecular formula is C14H25N3. The fourth-order valence-electron chi connectivity index (χ4n) is 2.98. The monoisotopic (exact) mass is 235 g/mol.